The number of aryl methyl sites for hydroxylation is 2. The first-order valence-electron chi connectivity index (χ1n) is 8.18. The van der Waals surface area contributed by atoms with Crippen molar-refractivity contribution in [2.45, 2.75) is 39.5 Å². The Kier molecular flexibility index (Phi) is 4.91. The van der Waals surface area contributed by atoms with Crippen LogP contribution in [0.25, 0.3) is 0 Å². The Bertz CT molecular complexity index is 870. The van der Waals surface area contributed by atoms with Crippen molar-refractivity contribution in [2.75, 3.05) is 12.8 Å². The highest BCUT2D eigenvalue weighted by molar-refractivity contribution is 7.88. The quantitative estimate of drug-likeness (QED) is 0.814. The standard InChI is InChI=1S/C15H22N6O3S/c1-3-19-10-12(8-17-19)15(22)16-9-13-7-14-11-20(25(2,23)24)5-4-6-21(14)18-13/h7-8,10H,3-6,9,11H2,1-2H3,(H,16,22). The van der Waals surface area contributed by atoms with Crippen molar-refractivity contribution >= 4 is 15.9 Å². The van der Waals surface area contributed by atoms with Gasteiger partial charge in [0, 0.05) is 25.8 Å². The van der Waals surface area contributed by atoms with Crippen LogP contribution in [-0.4, -0.2) is 51.0 Å². The minimum Gasteiger partial charge on any atom is -0.346 e. The molecule has 0 saturated carbocycles. The van der Waals surface area contributed by atoms with E-state index in [9.17, 15) is 13.2 Å². The van der Waals surface area contributed by atoms with E-state index < -0.39 is 10.0 Å². The number of hydrogen-bond acceptors (Lipinski definition) is 5. The van der Waals surface area contributed by atoms with Gasteiger partial charge in [-0.1, -0.05) is 0 Å². The van der Waals surface area contributed by atoms with E-state index in [1.54, 1.807) is 10.9 Å². The first-order chi connectivity index (χ1) is 11.9. The predicted molar refractivity (Wildman–Crippen MR) is 91.2 cm³/mol. The van der Waals surface area contributed by atoms with Crippen LogP contribution < -0.4 is 5.32 Å². The first kappa shape index (κ1) is 17.6. The minimum absolute atomic E-state index is 0.208. The zero-order valence-corrected chi connectivity index (χ0v) is 15.2. The summed E-state index contributed by atoms with van der Waals surface area (Å²) in [6, 6.07) is 1.85. The molecule has 9 nitrogen and oxygen atoms in total. The van der Waals surface area contributed by atoms with Crippen LogP contribution in [0.3, 0.4) is 0 Å². The molecule has 2 aromatic rings. The minimum atomic E-state index is -3.23. The summed E-state index contributed by atoms with van der Waals surface area (Å²) in [5, 5.41) is 11.4. The second kappa shape index (κ2) is 6.96. The van der Waals surface area contributed by atoms with E-state index >= 15 is 0 Å². The zero-order valence-electron chi connectivity index (χ0n) is 14.3. The summed E-state index contributed by atoms with van der Waals surface area (Å²) in [6.07, 6.45) is 5.16. The van der Waals surface area contributed by atoms with E-state index in [1.807, 2.05) is 17.7 Å². The summed E-state index contributed by atoms with van der Waals surface area (Å²) < 4.78 is 28.5. The largest absolute Gasteiger partial charge is 0.346 e. The molecule has 1 N–H and O–H groups in total. The fourth-order valence-corrected chi connectivity index (χ4v) is 3.62. The summed E-state index contributed by atoms with van der Waals surface area (Å²) >= 11 is 0. The fourth-order valence-electron chi connectivity index (χ4n) is 2.79. The van der Waals surface area contributed by atoms with Gasteiger partial charge in [0.25, 0.3) is 5.91 Å². The number of sulfonamides is 1. The zero-order chi connectivity index (χ0) is 18.0. The lowest BCUT2D eigenvalue weighted by Gasteiger charge is -2.16. The molecular weight excluding hydrogens is 344 g/mol. The Morgan fingerprint density at radius 2 is 2.16 bits per heavy atom. The lowest BCUT2D eigenvalue weighted by molar-refractivity contribution is 0.0950. The average molecular weight is 366 g/mol. The van der Waals surface area contributed by atoms with Crippen LogP contribution in [-0.2, 0) is 36.2 Å². The van der Waals surface area contributed by atoms with Crippen LogP contribution in [0, 0.1) is 0 Å². The van der Waals surface area contributed by atoms with Gasteiger partial charge in [0.15, 0.2) is 0 Å². The highest BCUT2D eigenvalue weighted by Gasteiger charge is 2.22. The van der Waals surface area contributed by atoms with Crippen molar-refractivity contribution in [2.24, 2.45) is 0 Å². The van der Waals surface area contributed by atoms with E-state index in [1.165, 1.54) is 16.8 Å². The lowest BCUT2D eigenvalue weighted by atomic mass is 10.3. The summed E-state index contributed by atoms with van der Waals surface area (Å²) in [4.78, 5) is 12.1. The summed E-state index contributed by atoms with van der Waals surface area (Å²) in [5.41, 5.74) is 2.05. The molecule has 10 heteroatoms. The van der Waals surface area contributed by atoms with Gasteiger partial charge >= 0.3 is 0 Å². The Labute approximate surface area is 146 Å². The third kappa shape index (κ3) is 4.07. The van der Waals surface area contributed by atoms with Crippen LogP contribution in [0.5, 0.6) is 0 Å². The molecule has 0 saturated heterocycles. The van der Waals surface area contributed by atoms with Crippen LogP contribution in [0.2, 0.25) is 0 Å². The SMILES string of the molecule is CCn1cc(C(=O)NCc2cc3n(n2)CCCN(S(C)(=O)=O)C3)cn1. The number of hydrogen-bond donors (Lipinski definition) is 1. The molecule has 3 rings (SSSR count). The topological polar surface area (TPSA) is 102 Å². The molecule has 25 heavy (non-hydrogen) atoms. The first-order valence-corrected chi connectivity index (χ1v) is 10.0. The molecule has 0 atom stereocenters. The average Bonchev–Trinajstić information content (AvgIpc) is 3.13. The van der Waals surface area contributed by atoms with Crippen LogP contribution in [0.1, 0.15) is 35.1 Å². The number of fused-ring (bicyclic) bond motifs is 1. The van der Waals surface area contributed by atoms with Crippen molar-refractivity contribution in [1.82, 2.24) is 29.2 Å². The van der Waals surface area contributed by atoms with Gasteiger partial charge in [-0.25, -0.2) is 8.42 Å². The van der Waals surface area contributed by atoms with Crippen molar-refractivity contribution < 1.29 is 13.2 Å². The Balaban J connectivity index is 1.66. The number of amides is 1. The van der Waals surface area contributed by atoms with Gasteiger partial charge in [-0.05, 0) is 19.4 Å². The Hall–Kier alpha value is -2.20. The molecular formula is C15H22N6O3S. The van der Waals surface area contributed by atoms with Crippen LogP contribution in [0.15, 0.2) is 18.5 Å². The molecule has 0 unspecified atom stereocenters. The molecule has 1 aliphatic rings. The van der Waals surface area contributed by atoms with Crippen molar-refractivity contribution in [1.29, 1.82) is 0 Å². The van der Waals surface area contributed by atoms with E-state index in [0.29, 0.717) is 43.9 Å². The van der Waals surface area contributed by atoms with E-state index in [0.717, 1.165) is 5.69 Å². The Morgan fingerprint density at radius 3 is 2.84 bits per heavy atom. The molecule has 1 amide bonds. The summed E-state index contributed by atoms with van der Waals surface area (Å²) in [7, 11) is -3.23. The molecule has 0 bridgehead atoms. The number of nitrogens with zero attached hydrogens (tertiary/aromatic N) is 5. The molecule has 2 aromatic heterocycles. The highest BCUT2D eigenvalue weighted by Crippen LogP contribution is 2.16. The predicted octanol–water partition coefficient (Wildman–Crippen LogP) is 0.195. The Morgan fingerprint density at radius 1 is 1.36 bits per heavy atom. The van der Waals surface area contributed by atoms with Crippen LogP contribution >= 0.6 is 0 Å². The number of carbonyl (C=O) groups excluding carboxylic acids is 1. The van der Waals surface area contributed by atoms with Crippen molar-refractivity contribution in [3.63, 3.8) is 0 Å². The molecule has 0 fully saturated rings. The molecule has 3 heterocycles. The van der Waals surface area contributed by atoms with Crippen LogP contribution in [0.4, 0.5) is 0 Å². The van der Waals surface area contributed by atoms with Gasteiger partial charge < -0.3 is 5.32 Å². The number of nitrogens with one attached hydrogen (secondary N) is 1. The van der Waals surface area contributed by atoms with E-state index in [-0.39, 0.29) is 12.5 Å². The molecule has 0 aromatic carbocycles. The summed E-state index contributed by atoms with van der Waals surface area (Å²) in [5.74, 6) is -0.208. The third-order valence-electron chi connectivity index (χ3n) is 4.15. The van der Waals surface area contributed by atoms with Gasteiger partial charge in [-0.3, -0.25) is 14.2 Å². The van der Waals surface area contributed by atoms with Gasteiger partial charge in [0.1, 0.15) is 0 Å². The smallest absolute Gasteiger partial charge is 0.254 e. The maximum atomic E-state index is 12.1. The van der Waals surface area contributed by atoms with E-state index in [2.05, 4.69) is 15.5 Å². The molecule has 0 spiro atoms. The molecule has 136 valence electrons. The molecule has 0 aliphatic carbocycles. The second-order valence-electron chi connectivity index (χ2n) is 6.07. The van der Waals surface area contributed by atoms with Gasteiger partial charge in [-0.2, -0.15) is 14.5 Å². The number of aromatic nitrogens is 4. The number of carbonyl (C=O) groups is 1. The monoisotopic (exact) mass is 366 g/mol. The normalized spacial score (nSPS) is 15.6. The van der Waals surface area contributed by atoms with Gasteiger partial charge in [0.2, 0.25) is 10.0 Å². The molecule has 0 radical (unpaired) electrons. The molecule has 1 aliphatic heterocycles. The van der Waals surface area contributed by atoms with E-state index in [4.69, 9.17) is 0 Å². The highest BCUT2D eigenvalue weighted by atomic mass is 32.2. The van der Waals surface area contributed by atoms with Crippen molar-refractivity contribution in [3.05, 3.63) is 35.4 Å². The number of rotatable bonds is 5. The van der Waals surface area contributed by atoms with Gasteiger partial charge in [0.05, 0.1) is 42.5 Å². The van der Waals surface area contributed by atoms with Crippen molar-refractivity contribution in [3.8, 4) is 0 Å². The maximum absolute atomic E-state index is 12.1. The third-order valence-corrected chi connectivity index (χ3v) is 5.40. The van der Waals surface area contributed by atoms with Gasteiger partial charge in [-0.15, -0.1) is 0 Å². The lowest BCUT2D eigenvalue weighted by Crippen LogP contribution is -2.29. The maximum Gasteiger partial charge on any atom is 0.254 e. The summed E-state index contributed by atoms with van der Waals surface area (Å²) in [6.45, 7) is 4.41. The second-order valence-corrected chi connectivity index (χ2v) is 8.05. The fraction of sp³-hybridized carbons (Fsp3) is 0.533.